The molecule has 0 aliphatic heterocycles. The highest BCUT2D eigenvalue weighted by molar-refractivity contribution is 5.82. The molecule has 3 N–H and O–H groups in total. The van der Waals surface area contributed by atoms with Crippen molar-refractivity contribution in [3.05, 3.63) is 0 Å². The lowest BCUT2D eigenvalue weighted by molar-refractivity contribution is -0.139. The Morgan fingerprint density at radius 3 is 2.59 bits per heavy atom. The van der Waals surface area contributed by atoms with Crippen LogP contribution in [0.1, 0.15) is 39.5 Å². The van der Waals surface area contributed by atoms with Gasteiger partial charge < -0.3 is 15.7 Å². The number of carboxylic acid groups (broad SMARTS) is 1. The molecule has 0 heterocycles. The number of carboxylic acids is 1. The van der Waals surface area contributed by atoms with E-state index in [1.54, 1.807) is 0 Å². The zero-order valence-corrected chi connectivity index (χ0v) is 10.5. The van der Waals surface area contributed by atoms with Crippen molar-refractivity contribution in [1.29, 1.82) is 0 Å². The van der Waals surface area contributed by atoms with E-state index < -0.39 is 12.0 Å². The van der Waals surface area contributed by atoms with Crippen molar-refractivity contribution in [3.8, 4) is 0 Å². The molecule has 98 valence electrons. The number of hydrogen-bond donors (Lipinski definition) is 3. The lowest BCUT2D eigenvalue weighted by Crippen LogP contribution is -2.46. The molecule has 1 fully saturated rings. The highest BCUT2D eigenvalue weighted by Gasteiger charge is 2.32. The molecule has 0 spiro atoms. The van der Waals surface area contributed by atoms with E-state index in [-0.39, 0.29) is 6.03 Å². The second-order valence-electron chi connectivity index (χ2n) is 4.86. The zero-order chi connectivity index (χ0) is 12.8. The van der Waals surface area contributed by atoms with Crippen molar-refractivity contribution in [3.63, 3.8) is 0 Å². The van der Waals surface area contributed by atoms with Crippen molar-refractivity contribution in [1.82, 2.24) is 10.6 Å². The van der Waals surface area contributed by atoms with E-state index >= 15 is 0 Å². The third-order valence-corrected chi connectivity index (χ3v) is 3.25. The van der Waals surface area contributed by atoms with E-state index in [2.05, 4.69) is 17.6 Å². The average Bonchev–Trinajstić information content (AvgIpc) is 2.97. The Morgan fingerprint density at radius 1 is 1.47 bits per heavy atom. The van der Waals surface area contributed by atoms with Gasteiger partial charge in [-0.3, -0.25) is 0 Å². The van der Waals surface area contributed by atoms with Gasteiger partial charge in [-0.2, -0.15) is 0 Å². The summed E-state index contributed by atoms with van der Waals surface area (Å²) in [4.78, 5) is 22.4. The summed E-state index contributed by atoms with van der Waals surface area (Å²) in [5, 5.41) is 14.2. The molecular weight excluding hydrogens is 220 g/mol. The SMILES string of the molecule is CCCCC(NC(=O)NCC1CC1C)C(=O)O. The van der Waals surface area contributed by atoms with Crippen LogP contribution in [0.5, 0.6) is 0 Å². The van der Waals surface area contributed by atoms with Gasteiger partial charge in [-0.15, -0.1) is 0 Å². The molecule has 1 rings (SSSR count). The highest BCUT2D eigenvalue weighted by atomic mass is 16.4. The van der Waals surface area contributed by atoms with Crippen molar-refractivity contribution in [2.75, 3.05) is 6.54 Å². The molecule has 2 amide bonds. The smallest absolute Gasteiger partial charge is 0.326 e. The van der Waals surface area contributed by atoms with Gasteiger partial charge >= 0.3 is 12.0 Å². The van der Waals surface area contributed by atoms with Gasteiger partial charge in [-0.1, -0.05) is 26.7 Å². The molecule has 3 unspecified atom stereocenters. The number of rotatable bonds is 7. The van der Waals surface area contributed by atoms with E-state index in [1.165, 1.54) is 0 Å². The second kappa shape index (κ2) is 6.47. The fourth-order valence-corrected chi connectivity index (χ4v) is 1.78. The minimum absolute atomic E-state index is 0.368. The van der Waals surface area contributed by atoms with Crippen LogP contribution in [-0.4, -0.2) is 29.7 Å². The molecule has 0 aromatic carbocycles. The van der Waals surface area contributed by atoms with Crippen LogP contribution in [0.25, 0.3) is 0 Å². The van der Waals surface area contributed by atoms with Crippen LogP contribution in [0.15, 0.2) is 0 Å². The first-order valence-electron chi connectivity index (χ1n) is 6.31. The van der Waals surface area contributed by atoms with Crippen molar-refractivity contribution in [2.24, 2.45) is 11.8 Å². The predicted molar refractivity (Wildman–Crippen MR) is 64.8 cm³/mol. The first kappa shape index (κ1) is 13.8. The predicted octanol–water partition coefficient (Wildman–Crippen LogP) is 1.58. The van der Waals surface area contributed by atoms with E-state index in [4.69, 9.17) is 5.11 Å². The maximum Gasteiger partial charge on any atom is 0.326 e. The van der Waals surface area contributed by atoms with Gasteiger partial charge in [0.1, 0.15) is 6.04 Å². The van der Waals surface area contributed by atoms with E-state index in [9.17, 15) is 9.59 Å². The van der Waals surface area contributed by atoms with E-state index in [0.29, 0.717) is 24.8 Å². The lowest BCUT2D eigenvalue weighted by Gasteiger charge is -2.14. The third kappa shape index (κ3) is 5.06. The molecule has 0 radical (unpaired) electrons. The monoisotopic (exact) mass is 242 g/mol. The molecule has 3 atom stereocenters. The summed E-state index contributed by atoms with van der Waals surface area (Å²) in [6.45, 7) is 4.78. The van der Waals surface area contributed by atoms with Crippen LogP contribution >= 0.6 is 0 Å². The van der Waals surface area contributed by atoms with Crippen molar-refractivity contribution in [2.45, 2.75) is 45.6 Å². The summed E-state index contributed by atoms with van der Waals surface area (Å²) in [5.74, 6) is 0.290. The Labute approximate surface area is 102 Å². The fraction of sp³-hybridized carbons (Fsp3) is 0.833. The minimum Gasteiger partial charge on any atom is -0.480 e. The van der Waals surface area contributed by atoms with E-state index in [1.807, 2.05) is 6.92 Å². The van der Waals surface area contributed by atoms with Crippen LogP contribution in [0.4, 0.5) is 4.79 Å². The van der Waals surface area contributed by atoms with Crippen molar-refractivity contribution >= 4 is 12.0 Å². The summed E-state index contributed by atoms with van der Waals surface area (Å²) < 4.78 is 0. The molecule has 1 aliphatic carbocycles. The number of nitrogens with one attached hydrogen (secondary N) is 2. The largest absolute Gasteiger partial charge is 0.480 e. The molecule has 17 heavy (non-hydrogen) atoms. The summed E-state index contributed by atoms with van der Waals surface area (Å²) in [7, 11) is 0. The Morgan fingerprint density at radius 2 is 2.12 bits per heavy atom. The average molecular weight is 242 g/mol. The number of unbranched alkanes of at least 4 members (excludes halogenated alkanes) is 1. The number of hydrogen-bond acceptors (Lipinski definition) is 2. The topological polar surface area (TPSA) is 78.4 Å². The number of carbonyl (C=O) groups is 2. The van der Waals surface area contributed by atoms with Crippen LogP contribution in [0.3, 0.4) is 0 Å². The zero-order valence-electron chi connectivity index (χ0n) is 10.5. The van der Waals surface area contributed by atoms with Gasteiger partial charge in [0.15, 0.2) is 0 Å². The van der Waals surface area contributed by atoms with Gasteiger partial charge in [0.05, 0.1) is 0 Å². The molecule has 0 saturated heterocycles. The van der Waals surface area contributed by atoms with E-state index in [0.717, 1.165) is 19.3 Å². The Balaban J connectivity index is 2.22. The van der Waals surface area contributed by atoms with Crippen LogP contribution < -0.4 is 10.6 Å². The Hall–Kier alpha value is -1.26. The van der Waals surface area contributed by atoms with Gasteiger partial charge in [-0.05, 0) is 24.7 Å². The van der Waals surface area contributed by atoms with Crippen LogP contribution in [-0.2, 0) is 4.79 Å². The van der Waals surface area contributed by atoms with Gasteiger partial charge in [-0.25, -0.2) is 9.59 Å². The molecular formula is C12H22N2O3. The number of amides is 2. The Kier molecular flexibility index (Phi) is 5.25. The lowest BCUT2D eigenvalue weighted by atomic mass is 10.1. The quantitative estimate of drug-likeness (QED) is 0.634. The highest BCUT2D eigenvalue weighted by Crippen LogP contribution is 2.36. The third-order valence-electron chi connectivity index (χ3n) is 3.25. The molecule has 0 aromatic rings. The van der Waals surface area contributed by atoms with Gasteiger partial charge in [0.25, 0.3) is 0 Å². The summed E-state index contributed by atoms with van der Waals surface area (Å²) in [6.07, 6.45) is 3.36. The van der Waals surface area contributed by atoms with Gasteiger partial charge in [0, 0.05) is 6.54 Å². The summed E-state index contributed by atoms with van der Waals surface area (Å²) in [6, 6.07) is -1.14. The van der Waals surface area contributed by atoms with Crippen LogP contribution in [0.2, 0.25) is 0 Å². The van der Waals surface area contributed by atoms with Crippen LogP contribution in [0, 0.1) is 11.8 Å². The molecule has 1 aliphatic rings. The fourth-order valence-electron chi connectivity index (χ4n) is 1.78. The summed E-state index contributed by atoms with van der Waals surface area (Å²) >= 11 is 0. The molecule has 0 bridgehead atoms. The first-order valence-corrected chi connectivity index (χ1v) is 6.31. The van der Waals surface area contributed by atoms with Gasteiger partial charge in [0.2, 0.25) is 0 Å². The molecule has 5 nitrogen and oxygen atoms in total. The van der Waals surface area contributed by atoms with Crippen molar-refractivity contribution < 1.29 is 14.7 Å². The standard InChI is InChI=1S/C12H22N2O3/c1-3-4-5-10(11(15)16)14-12(17)13-7-9-6-8(9)2/h8-10H,3-7H2,1-2H3,(H,15,16)(H2,13,14,17). The molecule has 0 aromatic heterocycles. The number of urea groups is 1. The maximum absolute atomic E-state index is 11.5. The maximum atomic E-state index is 11.5. The molecule has 1 saturated carbocycles. The Bertz CT molecular complexity index is 281. The molecule has 5 heteroatoms. The number of carbonyl (C=O) groups excluding carboxylic acids is 1. The summed E-state index contributed by atoms with van der Waals surface area (Å²) in [5.41, 5.74) is 0. The first-order chi connectivity index (χ1) is 8.04. The second-order valence-corrected chi connectivity index (χ2v) is 4.86. The minimum atomic E-state index is -0.964. The number of aliphatic carboxylic acids is 1. The normalized spacial score (nSPS) is 23.9.